The van der Waals surface area contributed by atoms with Gasteiger partial charge in [-0.1, -0.05) is 0 Å². The molecule has 0 saturated carbocycles. The highest BCUT2D eigenvalue weighted by Gasteiger charge is 2.28. The Labute approximate surface area is 89.4 Å². The zero-order chi connectivity index (χ0) is 11.7. The van der Waals surface area contributed by atoms with Gasteiger partial charge in [0.15, 0.2) is 6.29 Å². The number of carboxylic acids is 1. The molecule has 1 aliphatic rings. The number of halogens is 2. The summed E-state index contributed by atoms with van der Waals surface area (Å²) in [5.41, 5.74) is -1.09. The molecule has 4 nitrogen and oxygen atoms in total. The third kappa shape index (κ3) is 1.77. The molecule has 1 aromatic rings. The van der Waals surface area contributed by atoms with Crippen molar-refractivity contribution in [2.24, 2.45) is 0 Å². The first kappa shape index (κ1) is 11.0. The Morgan fingerprint density at radius 1 is 1.31 bits per heavy atom. The van der Waals surface area contributed by atoms with Crippen LogP contribution in [0.4, 0.5) is 8.78 Å². The van der Waals surface area contributed by atoms with Crippen molar-refractivity contribution < 1.29 is 28.2 Å². The molecule has 86 valence electrons. The topological polar surface area (TPSA) is 55.8 Å². The molecule has 2 rings (SSSR count). The molecule has 1 aromatic carbocycles. The van der Waals surface area contributed by atoms with Crippen LogP contribution in [0.5, 0.6) is 0 Å². The summed E-state index contributed by atoms with van der Waals surface area (Å²) in [4.78, 5) is 10.7. The molecule has 1 heterocycles. The van der Waals surface area contributed by atoms with Gasteiger partial charge < -0.3 is 14.6 Å². The van der Waals surface area contributed by atoms with E-state index in [-0.39, 0.29) is 13.2 Å². The number of ether oxygens (including phenoxy) is 2. The molecule has 1 aliphatic heterocycles. The highest BCUT2D eigenvalue weighted by molar-refractivity contribution is 5.88. The molecule has 0 aliphatic carbocycles. The summed E-state index contributed by atoms with van der Waals surface area (Å²) in [6.07, 6.45) is -1.17. The summed E-state index contributed by atoms with van der Waals surface area (Å²) in [5, 5.41) is 8.68. The minimum atomic E-state index is -1.46. The average Bonchev–Trinajstić information content (AvgIpc) is 2.70. The van der Waals surface area contributed by atoms with Crippen molar-refractivity contribution in [1.29, 1.82) is 0 Å². The van der Waals surface area contributed by atoms with Crippen LogP contribution in [0.25, 0.3) is 0 Å². The second-order valence-electron chi connectivity index (χ2n) is 3.20. The van der Waals surface area contributed by atoms with Crippen LogP contribution in [0.3, 0.4) is 0 Å². The van der Waals surface area contributed by atoms with Crippen molar-refractivity contribution in [3.63, 3.8) is 0 Å². The van der Waals surface area contributed by atoms with E-state index >= 15 is 0 Å². The summed E-state index contributed by atoms with van der Waals surface area (Å²) in [7, 11) is 0. The number of aromatic carboxylic acids is 1. The van der Waals surface area contributed by atoms with Crippen molar-refractivity contribution in [2.45, 2.75) is 6.29 Å². The Balaban J connectivity index is 2.49. The second-order valence-corrected chi connectivity index (χ2v) is 3.20. The molecule has 0 atom stereocenters. The second kappa shape index (κ2) is 4.15. The van der Waals surface area contributed by atoms with Crippen LogP contribution in [0.2, 0.25) is 0 Å². The standard InChI is InChI=1S/C10H8F2O4/c11-6-2-1-5(9(13)14)8(12)7(6)10-15-3-4-16-10/h1-2,10H,3-4H2,(H,13,14). The Morgan fingerprint density at radius 2 is 1.94 bits per heavy atom. The zero-order valence-corrected chi connectivity index (χ0v) is 8.07. The predicted octanol–water partition coefficient (Wildman–Crippen LogP) is 1.71. The molecule has 0 amide bonds. The fraction of sp³-hybridized carbons (Fsp3) is 0.300. The SMILES string of the molecule is O=C(O)c1ccc(F)c(C2OCCO2)c1F. The molecule has 0 bridgehead atoms. The molecular formula is C10H8F2O4. The van der Waals surface area contributed by atoms with Gasteiger partial charge in [-0.05, 0) is 12.1 Å². The van der Waals surface area contributed by atoms with Crippen LogP contribution in [0.15, 0.2) is 12.1 Å². The molecule has 0 radical (unpaired) electrons. The van der Waals surface area contributed by atoms with E-state index in [1.54, 1.807) is 0 Å². The summed E-state index contributed by atoms with van der Waals surface area (Å²) < 4.78 is 36.9. The number of benzene rings is 1. The van der Waals surface area contributed by atoms with E-state index in [4.69, 9.17) is 14.6 Å². The van der Waals surface area contributed by atoms with Crippen molar-refractivity contribution in [1.82, 2.24) is 0 Å². The maximum Gasteiger partial charge on any atom is 0.338 e. The molecule has 16 heavy (non-hydrogen) atoms. The maximum absolute atomic E-state index is 13.7. The lowest BCUT2D eigenvalue weighted by Crippen LogP contribution is -2.10. The Bertz CT molecular complexity index is 427. The fourth-order valence-electron chi connectivity index (χ4n) is 1.48. The Hall–Kier alpha value is -1.53. The van der Waals surface area contributed by atoms with Gasteiger partial charge in [-0.3, -0.25) is 0 Å². The number of carboxylic acid groups (broad SMARTS) is 1. The average molecular weight is 230 g/mol. The Kier molecular flexibility index (Phi) is 2.84. The number of hydrogen-bond donors (Lipinski definition) is 1. The minimum Gasteiger partial charge on any atom is -0.478 e. The first-order valence-corrected chi connectivity index (χ1v) is 4.55. The summed E-state index contributed by atoms with van der Waals surface area (Å²) in [5.74, 6) is -3.49. The van der Waals surface area contributed by atoms with Gasteiger partial charge in [0, 0.05) is 0 Å². The predicted molar refractivity (Wildman–Crippen MR) is 48.0 cm³/mol. The van der Waals surface area contributed by atoms with Crippen LogP contribution in [0, 0.1) is 11.6 Å². The third-order valence-electron chi connectivity index (χ3n) is 2.21. The fourth-order valence-corrected chi connectivity index (χ4v) is 1.48. The van der Waals surface area contributed by atoms with Gasteiger partial charge in [0.2, 0.25) is 0 Å². The molecule has 1 N–H and O–H groups in total. The van der Waals surface area contributed by atoms with Gasteiger partial charge in [0.05, 0.1) is 24.3 Å². The van der Waals surface area contributed by atoms with E-state index in [1.165, 1.54) is 0 Å². The maximum atomic E-state index is 13.7. The lowest BCUT2D eigenvalue weighted by molar-refractivity contribution is -0.0490. The van der Waals surface area contributed by atoms with Gasteiger partial charge in [0.25, 0.3) is 0 Å². The molecule has 6 heteroatoms. The van der Waals surface area contributed by atoms with E-state index in [0.717, 1.165) is 12.1 Å². The quantitative estimate of drug-likeness (QED) is 0.840. The van der Waals surface area contributed by atoms with Crippen LogP contribution in [-0.2, 0) is 9.47 Å². The molecular weight excluding hydrogens is 222 g/mol. The van der Waals surface area contributed by atoms with Crippen LogP contribution in [-0.4, -0.2) is 24.3 Å². The van der Waals surface area contributed by atoms with E-state index < -0.39 is 35.0 Å². The molecule has 1 fully saturated rings. The van der Waals surface area contributed by atoms with Crippen LogP contribution < -0.4 is 0 Å². The Morgan fingerprint density at radius 3 is 2.50 bits per heavy atom. The smallest absolute Gasteiger partial charge is 0.338 e. The summed E-state index contributed by atoms with van der Waals surface area (Å²) in [6.45, 7) is 0.446. The normalized spacial score (nSPS) is 16.6. The van der Waals surface area contributed by atoms with Gasteiger partial charge in [-0.15, -0.1) is 0 Å². The van der Waals surface area contributed by atoms with Gasteiger partial charge in [-0.25, -0.2) is 13.6 Å². The number of carbonyl (C=O) groups is 1. The van der Waals surface area contributed by atoms with Crippen molar-refractivity contribution in [3.8, 4) is 0 Å². The highest BCUT2D eigenvalue weighted by atomic mass is 19.1. The lowest BCUT2D eigenvalue weighted by Gasteiger charge is -2.12. The van der Waals surface area contributed by atoms with Crippen molar-refractivity contribution in [3.05, 3.63) is 34.9 Å². The summed E-state index contributed by atoms with van der Waals surface area (Å²) >= 11 is 0. The van der Waals surface area contributed by atoms with Crippen molar-refractivity contribution >= 4 is 5.97 Å². The van der Waals surface area contributed by atoms with E-state index in [1.807, 2.05) is 0 Å². The molecule has 0 unspecified atom stereocenters. The lowest BCUT2D eigenvalue weighted by atomic mass is 10.1. The summed E-state index contributed by atoms with van der Waals surface area (Å²) in [6, 6.07) is 1.75. The van der Waals surface area contributed by atoms with Gasteiger partial charge in [-0.2, -0.15) is 0 Å². The molecule has 0 aromatic heterocycles. The van der Waals surface area contributed by atoms with E-state index in [0.29, 0.717) is 0 Å². The first-order chi connectivity index (χ1) is 7.61. The van der Waals surface area contributed by atoms with Gasteiger partial charge in [0.1, 0.15) is 11.6 Å². The largest absolute Gasteiger partial charge is 0.478 e. The van der Waals surface area contributed by atoms with Crippen molar-refractivity contribution in [2.75, 3.05) is 13.2 Å². The minimum absolute atomic E-state index is 0.223. The zero-order valence-electron chi connectivity index (χ0n) is 8.07. The number of hydrogen-bond acceptors (Lipinski definition) is 3. The van der Waals surface area contributed by atoms with E-state index in [9.17, 15) is 13.6 Å². The molecule has 1 saturated heterocycles. The number of rotatable bonds is 2. The monoisotopic (exact) mass is 230 g/mol. The first-order valence-electron chi connectivity index (χ1n) is 4.55. The van der Waals surface area contributed by atoms with Gasteiger partial charge >= 0.3 is 5.97 Å². The third-order valence-corrected chi connectivity index (χ3v) is 2.21. The van der Waals surface area contributed by atoms with Crippen LogP contribution >= 0.6 is 0 Å². The van der Waals surface area contributed by atoms with E-state index in [2.05, 4.69) is 0 Å². The molecule has 0 spiro atoms. The highest BCUT2D eigenvalue weighted by Crippen LogP contribution is 2.29. The van der Waals surface area contributed by atoms with Crippen LogP contribution in [0.1, 0.15) is 22.2 Å².